The summed E-state index contributed by atoms with van der Waals surface area (Å²) >= 11 is 0. The van der Waals surface area contributed by atoms with Crippen LogP contribution in [0.15, 0.2) is 18.2 Å². The first-order valence-electron chi connectivity index (χ1n) is 6.85. The van der Waals surface area contributed by atoms with E-state index in [0.29, 0.717) is 32.2 Å². The van der Waals surface area contributed by atoms with Gasteiger partial charge in [-0.1, -0.05) is 0 Å². The first-order valence-corrected chi connectivity index (χ1v) is 6.85. The van der Waals surface area contributed by atoms with Crippen molar-refractivity contribution in [1.29, 1.82) is 0 Å². The molecular formula is C15H20FNO3. The SMILES string of the molecule is Cc1cc(F)ccc1NCC1(O)CCC(C(=O)O)CC1. The summed E-state index contributed by atoms with van der Waals surface area (Å²) in [6.07, 6.45) is 1.93. The maximum atomic E-state index is 13.0. The van der Waals surface area contributed by atoms with Gasteiger partial charge in [-0.05, 0) is 56.4 Å². The molecule has 1 fully saturated rings. The number of halogens is 1. The van der Waals surface area contributed by atoms with E-state index in [9.17, 15) is 14.3 Å². The summed E-state index contributed by atoms with van der Waals surface area (Å²) < 4.78 is 13.0. The van der Waals surface area contributed by atoms with Crippen molar-refractivity contribution in [3.8, 4) is 0 Å². The third-order valence-electron chi connectivity index (χ3n) is 4.06. The molecule has 1 aromatic carbocycles. The van der Waals surface area contributed by atoms with Crippen molar-refractivity contribution in [2.75, 3.05) is 11.9 Å². The van der Waals surface area contributed by atoms with Crippen LogP contribution in [0.25, 0.3) is 0 Å². The summed E-state index contributed by atoms with van der Waals surface area (Å²) in [4.78, 5) is 10.9. The first-order chi connectivity index (χ1) is 9.39. The Kier molecular flexibility index (Phi) is 4.28. The van der Waals surface area contributed by atoms with Gasteiger partial charge in [0.1, 0.15) is 5.82 Å². The molecule has 0 heterocycles. The lowest BCUT2D eigenvalue weighted by molar-refractivity contribution is -0.144. The Hall–Kier alpha value is -1.62. The molecule has 0 bridgehead atoms. The summed E-state index contributed by atoms with van der Waals surface area (Å²) in [7, 11) is 0. The van der Waals surface area contributed by atoms with Crippen molar-refractivity contribution < 1.29 is 19.4 Å². The van der Waals surface area contributed by atoms with Crippen LogP contribution in [0, 0.1) is 18.7 Å². The number of rotatable bonds is 4. The number of aryl methyl sites for hydroxylation is 1. The van der Waals surface area contributed by atoms with Crippen LogP contribution in [0.3, 0.4) is 0 Å². The highest BCUT2D eigenvalue weighted by Gasteiger charge is 2.35. The fraction of sp³-hybridized carbons (Fsp3) is 0.533. The van der Waals surface area contributed by atoms with Crippen LogP contribution in [0.1, 0.15) is 31.2 Å². The second-order valence-corrected chi connectivity index (χ2v) is 5.65. The number of nitrogens with one attached hydrogen (secondary N) is 1. The number of carboxylic acid groups (broad SMARTS) is 1. The fourth-order valence-electron chi connectivity index (χ4n) is 2.66. The number of carboxylic acids is 1. The molecule has 5 heteroatoms. The van der Waals surface area contributed by atoms with Crippen LogP contribution in [0.5, 0.6) is 0 Å². The van der Waals surface area contributed by atoms with Gasteiger partial charge in [-0.25, -0.2) is 4.39 Å². The zero-order chi connectivity index (χ0) is 14.8. The van der Waals surface area contributed by atoms with Crippen molar-refractivity contribution in [3.63, 3.8) is 0 Å². The van der Waals surface area contributed by atoms with E-state index in [-0.39, 0.29) is 11.7 Å². The minimum Gasteiger partial charge on any atom is -0.481 e. The van der Waals surface area contributed by atoms with Gasteiger partial charge in [0.05, 0.1) is 11.5 Å². The van der Waals surface area contributed by atoms with Crippen LogP contribution < -0.4 is 5.32 Å². The van der Waals surface area contributed by atoms with Gasteiger partial charge in [-0.15, -0.1) is 0 Å². The van der Waals surface area contributed by atoms with Crippen molar-refractivity contribution in [2.45, 2.75) is 38.2 Å². The molecule has 0 amide bonds. The zero-order valence-electron chi connectivity index (χ0n) is 11.5. The molecule has 0 spiro atoms. The number of hydrogen-bond acceptors (Lipinski definition) is 3. The molecule has 1 aliphatic rings. The molecule has 2 rings (SSSR count). The molecule has 20 heavy (non-hydrogen) atoms. The van der Waals surface area contributed by atoms with Gasteiger partial charge < -0.3 is 15.5 Å². The summed E-state index contributed by atoms with van der Waals surface area (Å²) in [5.41, 5.74) is 0.695. The van der Waals surface area contributed by atoms with Gasteiger partial charge in [-0.2, -0.15) is 0 Å². The van der Waals surface area contributed by atoms with Crippen molar-refractivity contribution in [3.05, 3.63) is 29.6 Å². The van der Waals surface area contributed by atoms with E-state index in [4.69, 9.17) is 5.11 Å². The summed E-state index contributed by atoms with van der Waals surface area (Å²) in [6, 6.07) is 4.46. The van der Waals surface area contributed by atoms with Crippen molar-refractivity contribution >= 4 is 11.7 Å². The molecule has 0 aromatic heterocycles. The molecular weight excluding hydrogens is 261 g/mol. The maximum Gasteiger partial charge on any atom is 0.306 e. The van der Waals surface area contributed by atoms with Gasteiger partial charge >= 0.3 is 5.97 Å². The number of aliphatic hydroxyl groups is 1. The van der Waals surface area contributed by atoms with E-state index in [1.807, 2.05) is 0 Å². The third-order valence-corrected chi connectivity index (χ3v) is 4.06. The summed E-state index contributed by atoms with van der Waals surface area (Å²) in [6.45, 7) is 2.16. The quantitative estimate of drug-likeness (QED) is 0.793. The Bertz CT molecular complexity index is 496. The second kappa shape index (κ2) is 5.79. The number of carbonyl (C=O) groups is 1. The first kappa shape index (κ1) is 14.8. The lowest BCUT2D eigenvalue weighted by atomic mass is 9.79. The van der Waals surface area contributed by atoms with E-state index in [1.54, 1.807) is 13.0 Å². The number of hydrogen-bond donors (Lipinski definition) is 3. The van der Waals surface area contributed by atoms with Crippen molar-refractivity contribution in [2.24, 2.45) is 5.92 Å². The predicted octanol–water partition coefficient (Wildman–Crippen LogP) is 2.55. The van der Waals surface area contributed by atoms with Crippen LogP contribution >= 0.6 is 0 Å². The van der Waals surface area contributed by atoms with E-state index < -0.39 is 11.6 Å². The highest BCUT2D eigenvalue weighted by molar-refractivity contribution is 5.70. The maximum absolute atomic E-state index is 13.0. The Morgan fingerprint density at radius 1 is 1.45 bits per heavy atom. The summed E-state index contributed by atoms with van der Waals surface area (Å²) in [5, 5.41) is 22.5. The fourth-order valence-corrected chi connectivity index (χ4v) is 2.66. The third kappa shape index (κ3) is 3.48. The normalized spacial score (nSPS) is 26.2. The number of anilines is 1. The van der Waals surface area contributed by atoms with Gasteiger partial charge in [0.25, 0.3) is 0 Å². The molecule has 0 atom stereocenters. The van der Waals surface area contributed by atoms with Gasteiger partial charge in [0, 0.05) is 12.2 Å². The molecule has 1 aromatic rings. The van der Waals surface area contributed by atoms with Gasteiger partial charge in [0.15, 0.2) is 0 Å². The van der Waals surface area contributed by atoms with Crippen LogP contribution in [0.4, 0.5) is 10.1 Å². The molecule has 0 radical (unpaired) electrons. The van der Waals surface area contributed by atoms with Crippen LogP contribution in [-0.4, -0.2) is 28.3 Å². The topological polar surface area (TPSA) is 69.6 Å². The minimum atomic E-state index is -0.882. The highest BCUT2D eigenvalue weighted by atomic mass is 19.1. The minimum absolute atomic E-state index is 0.284. The molecule has 3 N–H and O–H groups in total. The summed E-state index contributed by atoms with van der Waals surface area (Å²) in [5.74, 6) is -1.41. The Morgan fingerprint density at radius 2 is 2.10 bits per heavy atom. The average Bonchev–Trinajstić information content (AvgIpc) is 2.38. The molecule has 0 aliphatic heterocycles. The lowest BCUT2D eigenvalue weighted by Gasteiger charge is -2.35. The van der Waals surface area contributed by atoms with Crippen LogP contribution in [0.2, 0.25) is 0 Å². The molecule has 0 saturated heterocycles. The Balaban J connectivity index is 1.92. The Labute approximate surface area is 117 Å². The largest absolute Gasteiger partial charge is 0.481 e. The van der Waals surface area contributed by atoms with Crippen molar-refractivity contribution in [1.82, 2.24) is 0 Å². The zero-order valence-corrected chi connectivity index (χ0v) is 11.5. The number of aliphatic carboxylic acids is 1. The van der Waals surface area contributed by atoms with E-state index in [0.717, 1.165) is 11.3 Å². The monoisotopic (exact) mass is 281 g/mol. The number of benzene rings is 1. The highest BCUT2D eigenvalue weighted by Crippen LogP contribution is 2.32. The molecule has 1 aliphatic carbocycles. The predicted molar refractivity (Wildman–Crippen MR) is 74.2 cm³/mol. The Morgan fingerprint density at radius 3 is 2.65 bits per heavy atom. The van der Waals surface area contributed by atoms with E-state index in [1.165, 1.54) is 12.1 Å². The second-order valence-electron chi connectivity index (χ2n) is 5.65. The molecule has 0 unspecified atom stereocenters. The standard InChI is InChI=1S/C15H20FNO3/c1-10-8-12(16)2-3-13(10)17-9-15(20)6-4-11(5-7-15)14(18)19/h2-3,8,11,17,20H,4-7,9H2,1H3,(H,18,19). The lowest BCUT2D eigenvalue weighted by Crippen LogP contribution is -2.41. The molecule has 4 nitrogen and oxygen atoms in total. The van der Waals surface area contributed by atoms with Gasteiger partial charge in [-0.3, -0.25) is 4.79 Å². The van der Waals surface area contributed by atoms with E-state index in [2.05, 4.69) is 5.32 Å². The van der Waals surface area contributed by atoms with E-state index >= 15 is 0 Å². The van der Waals surface area contributed by atoms with Crippen LogP contribution in [-0.2, 0) is 4.79 Å². The molecule has 1 saturated carbocycles. The van der Waals surface area contributed by atoms with Gasteiger partial charge in [0.2, 0.25) is 0 Å². The average molecular weight is 281 g/mol. The smallest absolute Gasteiger partial charge is 0.306 e. The molecule has 110 valence electrons.